The fourth-order valence-electron chi connectivity index (χ4n) is 4.72. The van der Waals surface area contributed by atoms with Crippen LogP contribution in [-0.4, -0.2) is 43.4 Å². The Morgan fingerprint density at radius 1 is 1.09 bits per heavy atom. The molecule has 0 bridgehead atoms. The number of aromatic amines is 1. The van der Waals surface area contributed by atoms with Crippen molar-refractivity contribution in [2.24, 2.45) is 17.8 Å². The molecule has 0 unspecified atom stereocenters. The first-order chi connectivity index (χ1) is 16.3. The number of hydrogen-bond donors (Lipinski definition) is 3. The third kappa shape index (κ3) is 4.29. The molecule has 0 aromatic carbocycles. The largest absolute Gasteiger partial charge is 0.338 e. The molecule has 5 rings (SSSR count). The Labute approximate surface area is 195 Å². The Kier molecular flexibility index (Phi) is 5.62. The molecule has 11 heteroatoms. The second kappa shape index (κ2) is 8.62. The van der Waals surface area contributed by atoms with E-state index in [1.165, 1.54) is 0 Å². The van der Waals surface area contributed by atoms with E-state index in [0.717, 1.165) is 31.4 Å². The van der Waals surface area contributed by atoms with Crippen molar-refractivity contribution in [1.82, 2.24) is 30.8 Å². The van der Waals surface area contributed by atoms with Crippen molar-refractivity contribution in [2.45, 2.75) is 52.5 Å². The van der Waals surface area contributed by atoms with Gasteiger partial charge in [-0.3, -0.25) is 14.7 Å². The van der Waals surface area contributed by atoms with Crippen LogP contribution >= 0.6 is 0 Å². The summed E-state index contributed by atoms with van der Waals surface area (Å²) in [6, 6.07) is 2.32. The van der Waals surface area contributed by atoms with Gasteiger partial charge in [0.2, 0.25) is 11.9 Å². The predicted molar refractivity (Wildman–Crippen MR) is 119 cm³/mol. The van der Waals surface area contributed by atoms with Crippen LogP contribution in [0.15, 0.2) is 16.8 Å². The molecule has 3 aromatic rings. The van der Waals surface area contributed by atoms with Crippen molar-refractivity contribution in [3.05, 3.63) is 40.9 Å². The number of halogens is 1. The van der Waals surface area contributed by atoms with Gasteiger partial charge < -0.3 is 10.6 Å². The van der Waals surface area contributed by atoms with Gasteiger partial charge in [0.05, 0.1) is 5.69 Å². The van der Waals surface area contributed by atoms with E-state index in [4.69, 9.17) is 0 Å². The zero-order valence-electron chi connectivity index (χ0n) is 19.2. The summed E-state index contributed by atoms with van der Waals surface area (Å²) in [6.45, 7) is 5.19. The van der Waals surface area contributed by atoms with Crippen molar-refractivity contribution >= 4 is 17.6 Å². The molecule has 10 nitrogen and oxygen atoms in total. The van der Waals surface area contributed by atoms with E-state index >= 15 is 0 Å². The number of aryl methyl sites for hydroxylation is 3. The molecule has 2 amide bonds. The van der Waals surface area contributed by atoms with E-state index in [0.29, 0.717) is 34.4 Å². The van der Waals surface area contributed by atoms with Crippen molar-refractivity contribution in [2.75, 3.05) is 5.32 Å². The summed E-state index contributed by atoms with van der Waals surface area (Å²) in [5, 5.41) is 19.8. The SMILES string of the molecule is Cc1nonc1C(=O)N[C@H](C(=O)Nc1ccc(-c2c(C)n[nH]c2C)c(F)n1)C(C1CC1)C1CC1. The van der Waals surface area contributed by atoms with E-state index < -0.39 is 23.8 Å². The van der Waals surface area contributed by atoms with Gasteiger partial charge in [-0.2, -0.15) is 9.49 Å². The number of pyridine rings is 1. The van der Waals surface area contributed by atoms with Crippen molar-refractivity contribution < 1.29 is 18.6 Å². The number of carbonyl (C=O) groups is 2. The van der Waals surface area contributed by atoms with Crippen LogP contribution in [0.1, 0.15) is 53.3 Å². The van der Waals surface area contributed by atoms with Crippen molar-refractivity contribution in [3.63, 3.8) is 0 Å². The van der Waals surface area contributed by atoms with Gasteiger partial charge in [-0.1, -0.05) is 5.16 Å². The summed E-state index contributed by atoms with van der Waals surface area (Å²) in [5.74, 6) is -0.833. The average Bonchev–Trinajstić information content (AvgIpc) is 3.73. The van der Waals surface area contributed by atoms with E-state index in [2.05, 4.69) is 40.8 Å². The summed E-state index contributed by atoms with van der Waals surface area (Å²) < 4.78 is 19.5. The molecular weight excluding hydrogens is 441 g/mol. The minimum atomic E-state index is -0.800. The fraction of sp³-hybridized carbons (Fsp3) is 0.478. The molecule has 1 atom stereocenters. The molecule has 2 saturated carbocycles. The number of anilines is 1. The highest BCUT2D eigenvalue weighted by atomic mass is 19.1. The van der Waals surface area contributed by atoms with Gasteiger partial charge in [-0.05, 0) is 81.5 Å². The van der Waals surface area contributed by atoms with Gasteiger partial charge in [-0.15, -0.1) is 0 Å². The predicted octanol–water partition coefficient (Wildman–Crippen LogP) is 3.09. The Hall–Kier alpha value is -3.63. The zero-order chi connectivity index (χ0) is 24.0. The number of carbonyl (C=O) groups excluding carboxylic acids is 2. The minimum Gasteiger partial charge on any atom is -0.338 e. The number of H-pyrrole nitrogens is 1. The summed E-state index contributed by atoms with van der Waals surface area (Å²) in [4.78, 5) is 30.2. The third-order valence-electron chi connectivity index (χ3n) is 6.65. The van der Waals surface area contributed by atoms with Crippen LogP contribution in [0.3, 0.4) is 0 Å². The molecule has 178 valence electrons. The molecule has 3 heterocycles. The number of aromatic nitrogens is 5. The molecule has 0 saturated heterocycles. The highest BCUT2D eigenvalue weighted by Gasteiger charge is 2.48. The van der Waals surface area contributed by atoms with Crippen LogP contribution < -0.4 is 10.6 Å². The quantitative estimate of drug-likeness (QED) is 0.433. The number of nitrogens with one attached hydrogen (secondary N) is 3. The highest BCUT2D eigenvalue weighted by molar-refractivity contribution is 6.00. The summed E-state index contributed by atoms with van der Waals surface area (Å²) in [7, 11) is 0. The molecule has 2 aliphatic carbocycles. The first kappa shape index (κ1) is 22.2. The lowest BCUT2D eigenvalue weighted by Gasteiger charge is -2.27. The molecule has 34 heavy (non-hydrogen) atoms. The normalized spacial score (nSPS) is 16.5. The van der Waals surface area contributed by atoms with Gasteiger partial charge in [-0.25, -0.2) is 9.61 Å². The highest BCUT2D eigenvalue weighted by Crippen LogP contribution is 2.51. The van der Waals surface area contributed by atoms with Gasteiger partial charge in [0.1, 0.15) is 17.6 Å². The Morgan fingerprint density at radius 3 is 2.32 bits per heavy atom. The minimum absolute atomic E-state index is 0.00414. The first-order valence-corrected chi connectivity index (χ1v) is 11.4. The first-order valence-electron chi connectivity index (χ1n) is 11.4. The van der Waals surface area contributed by atoms with Gasteiger partial charge >= 0.3 is 0 Å². The van der Waals surface area contributed by atoms with Crippen LogP contribution in [-0.2, 0) is 4.79 Å². The average molecular weight is 468 g/mol. The second-order valence-corrected chi connectivity index (χ2v) is 9.23. The van der Waals surface area contributed by atoms with Crippen molar-refractivity contribution in [3.8, 4) is 11.1 Å². The van der Waals surface area contributed by atoms with Crippen LogP contribution in [0.5, 0.6) is 0 Å². The van der Waals surface area contributed by atoms with E-state index in [1.54, 1.807) is 32.9 Å². The van der Waals surface area contributed by atoms with Crippen LogP contribution in [0.4, 0.5) is 10.2 Å². The number of rotatable bonds is 8. The van der Waals surface area contributed by atoms with Gasteiger partial charge in [0.15, 0.2) is 5.69 Å². The fourth-order valence-corrected chi connectivity index (χ4v) is 4.72. The summed E-state index contributed by atoms with van der Waals surface area (Å²) in [6.07, 6.45) is 4.10. The lowest BCUT2D eigenvalue weighted by molar-refractivity contribution is -0.119. The number of hydrogen-bond acceptors (Lipinski definition) is 7. The van der Waals surface area contributed by atoms with Crippen LogP contribution in [0, 0.1) is 44.5 Å². The van der Waals surface area contributed by atoms with E-state index in [1.807, 2.05) is 0 Å². The lowest BCUT2D eigenvalue weighted by Crippen LogP contribution is -2.50. The molecule has 2 fully saturated rings. The monoisotopic (exact) mass is 467 g/mol. The van der Waals surface area contributed by atoms with Crippen molar-refractivity contribution in [1.29, 1.82) is 0 Å². The molecule has 3 N–H and O–H groups in total. The van der Waals surface area contributed by atoms with E-state index in [9.17, 15) is 14.0 Å². The molecular formula is C23H26FN7O3. The maximum atomic E-state index is 14.9. The maximum Gasteiger partial charge on any atom is 0.276 e. The third-order valence-corrected chi connectivity index (χ3v) is 6.65. The second-order valence-electron chi connectivity index (χ2n) is 9.23. The number of amides is 2. The summed E-state index contributed by atoms with van der Waals surface area (Å²) in [5.41, 5.74) is 2.72. The number of nitrogens with zero attached hydrogens (tertiary/aromatic N) is 4. The van der Waals surface area contributed by atoms with Gasteiger partial charge in [0.25, 0.3) is 5.91 Å². The van der Waals surface area contributed by atoms with Gasteiger partial charge in [0, 0.05) is 16.8 Å². The standard InChI is InChI=1S/C23H26FN7O3/c1-10-17(11(2)29-28-10)15-8-9-16(25-21(15)24)26-23(33)20(18(13-4-5-13)14-6-7-14)27-22(32)19-12(3)30-34-31-19/h8-9,13-14,18,20H,4-7H2,1-3H3,(H,27,32)(H,28,29)(H,25,26,33)/t20-/m0/s1. The molecule has 0 spiro atoms. The molecule has 0 aliphatic heterocycles. The lowest BCUT2D eigenvalue weighted by atomic mass is 9.88. The smallest absolute Gasteiger partial charge is 0.276 e. The van der Waals surface area contributed by atoms with Crippen LogP contribution in [0.2, 0.25) is 0 Å². The topological polar surface area (TPSA) is 139 Å². The molecule has 0 radical (unpaired) electrons. The van der Waals surface area contributed by atoms with E-state index in [-0.39, 0.29) is 17.4 Å². The Bertz CT molecular complexity index is 1210. The zero-order valence-corrected chi connectivity index (χ0v) is 19.2. The Balaban J connectivity index is 1.38. The van der Waals surface area contributed by atoms with Crippen LogP contribution in [0.25, 0.3) is 11.1 Å². The maximum absolute atomic E-state index is 14.9. The Morgan fingerprint density at radius 2 is 1.79 bits per heavy atom. The molecule has 2 aliphatic rings. The molecule has 3 aromatic heterocycles. The summed E-state index contributed by atoms with van der Waals surface area (Å²) >= 11 is 0.